The summed E-state index contributed by atoms with van der Waals surface area (Å²) in [6.07, 6.45) is 0. The Morgan fingerprint density at radius 2 is 2.16 bits per heavy atom. The first-order valence-electron chi connectivity index (χ1n) is 5.59. The van der Waals surface area contributed by atoms with E-state index in [1.54, 1.807) is 7.11 Å². The van der Waals surface area contributed by atoms with E-state index >= 15 is 0 Å². The van der Waals surface area contributed by atoms with Crippen molar-refractivity contribution < 1.29 is 23.8 Å². The fraction of sp³-hybridized carbons (Fsp3) is 0.417. The normalized spacial score (nSPS) is 10.5. The highest BCUT2D eigenvalue weighted by molar-refractivity contribution is 9.10. The molecule has 0 saturated heterocycles. The van der Waals surface area contributed by atoms with Gasteiger partial charge in [-0.1, -0.05) is 0 Å². The number of halogens is 2. The van der Waals surface area contributed by atoms with Gasteiger partial charge in [-0.25, -0.2) is 9.18 Å². The molecule has 0 spiro atoms. The molecule has 2 N–H and O–H groups in total. The molecule has 1 aromatic rings. The number of methoxy groups -OCH3 is 1. The van der Waals surface area contributed by atoms with Gasteiger partial charge in [0.15, 0.2) is 5.82 Å². The van der Waals surface area contributed by atoms with Gasteiger partial charge in [0.2, 0.25) is 0 Å². The highest BCUT2D eigenvalue weighted by Gasteiger charge is 2.15. The van der Waals surface area contributed by atoms with Gasteiger partial charge in [0.1, 0.15) is 0 Å². The van der Waals surface area contributed by atoms with Crippen molar-refractivity contribution in [2.24, 2.45) is 0 Å². The first-order chi connectivity index (χ1) is 9.07. The van der Waals surface area contributed by atoms with Crippen molar-refractivity contribution in [2.75, 3.05) is 38.8 Å². The number of carboxylic acids is 1. The molecule has 1 rings (SSSR count). The van der Waals surface area contributed by atoms with Crippen LogP contribution in [0.3, 0.4) is 0 Å². The molecular weight excluding hydrogens is 321 g/mol. The van der Waals surface area contributed by atoms with Crippen LogP contribution in [0.15, 0.2) is 16.6 Å². The van der Waals surface area contributed by atoms with Gasteiger partial charge in [0, 0.05) is 13.7 Å². The van der Waals surface area contributed by atoms with E-state index in [-0.39, 0.29) is 15.7 Å². The monoisotopic (exact) mass is 335 g/mol. The average molecular weight is 336 g/mol. The fourth-order valence-electron chi connectivity index (χ4n) is 1.35. The van der Waals surface area contributed by atoms with Crippen molar-refractivity contribution in [3.05, 3.63) is 28.0 Å². The zero-order chi connectivity index (χ0) is 14.3. The Bertz CT molecular complexity index is 442. The second-order valence-corrected chi connectivity index (χ2v) is 4.42. The predicted octanol–water partition coefficient (Wildman–Crippen LogP) is 2.36. The summed E-state index contributed by atoms with van der Waals surface area (Å²) in [6, 6.07) is 2.72. The summed E-state index contributed by atoms with van der Waals surface area (Å²) in [5, 5.41) is 11.7. The third-order valence-electron chi connectivity index (χ3n) is 2.31. The molecule has 0 saturated carbocycles. The third-order valence-corrected chi connectivity index (χ3v) is 3.08. The number of hydrogen-bond donors (Lipinski definition) is 2. The van der Waals surface area contributed by atoms with E-state index < -0.39 is 11.8 Å². The van der Waals surface area contributed by atoms with Gasteiger partial charge < -0.3 is 19.9 Å². The number of hydrogen-bond acceptors (Lipinski definition) is 4. The van der Waals surface area contributed by atoms with Gasteiger partial charge >= 0.3 is 5.97 Å². The Kier molecular flexibility index (Phi) is 6.75. The van der Waals surface area contributed by atoms with E-state index in [2.05, 4.69) is 21.2 Å². The number of nitrogens with one attached hydrogen (secondary N) is 1. The molecule has 0 aliphatic carbocycles. The minimum absolute atomic E-state index is 0.0645. The number of benzene rings is 1. The summed E-state index contributed by atoms with van der Waals surface area (Å²) < 4.78 is 23.8. The molecule has 1 aromatic carbocycles. The molecule has 0 atom stereocenters. The lowest BCUT2D eigenvalue weighted by molar-refractivity contribution is 0.0695. The number of carbonyl (C=O) groups is 1. The summed E-state index contributed by atoms with van der Waals surface area (Å²) in [4.78, 5) is 10.8. The molecule has 7 heteroatoms. The van der Waals surface area contributed by atoms with E-state index in [9.17, 15) is 9.18 Å². The van der Waals surface area contributed by atoms with Crippen LogP contribution in [0.5, 0.6) is 0 Å². The molecule has 5 nitrogen and oxygen atoms in total. The largest absolute Gasteiger partial charge is 0.478 e. The highest BCUT2D eigenvalue weighted by atomic mass is 79.9. The molecule has 106 valence electrons. The Hall–Kier alpha value is -1.18. The summed E-state index contributed by atoms with van der Waals surface area (Å²) in [5.41, 5.74) is 0.117. The minimum atomic E-state index is -1.18. The zero-order valence-corrected chi connectivity index (χ0v) is 12.0. The second kappa shape index (κ2) is 8.08. The minimum Gasteiger partial charge on any atom is -0.478 e. The summed E-state index contributed by atoms with van der Waals surface area (Å²) in [5.74, 6) is -1.81. The lowest BCUT2D eigenvalue weighted by Crippen LogP contribution is -2.13. The van der Waals surface area contributed by atoms with Crippen LogP contribution in [0.4, 0.5) is 10.1 Å². The van der Waals surface area contributed by atoms with Crippen LogP contribution < -0.4 is 5.32 Å². The summed E-state index contributed by atoms with van der Waals surface area (Å²) in [7, 11) is 1.58. The smallest absolute Gasteiger partial charge is 0.336 e. The van der Waals surface area contributed by atoms with Gasteiger partial charge in [-0.3, -0.25) is 0 Å². The number of anilines is 1. The van der Waals surface area contributed by atoms with Gasteiger partial charge in [0.05, 0.1) is 35.5 Å². The lowest BCUT2D eigenvalue weighted by Gasteiger charge is -2.10. The van der Waals surface area contributed by atoms with Crippen molar-refractivity contribution in [1.82, 2.24) is 0 Å². The van der Waals surface area contributed by atoms with Crippen LogP contribution in [0.25, 0.3) is 0 Å². The molecule has 19 heavy (non-hydrogen) atoms. The molecule has 0 amide bonds. The molecule has 0 aliphatic heterocycles. The summed E-state index contributed by atoms with van der Waals surface area (Å²) in [6.45, 7) is 1.80. The van der Waals surface area contributed by atoms with Crippen molar-refractivity contribution in [3.63, 3.8) is 0 Å². The Morgan fingerprint density at radius 1 is 1.42 bits per heavy atom. The SMILES string of the molecule is COCCOCCNc1ccc(C(=O)O)c(Br)c1F. The van der Waals surface area contributed by atoms with E-state index in [0.29, 0.717) is 26.4 Å². The van der Waals surface area contributed by atoms with Gasteiger partial charge in [-0.2, -0.15) is 0 Å². The van der Waals surface area contributed by atoms with Crippen molar-refractivity contribution >= 4 is 27.6 Å². The average Bonchev–Trinajstić information content (AvgIpc) is 2.38. The third kappa shape index (κ3) is 4.77. The molecule has 0 radical (unpaired) electrons. The van der Waals surface area contributed by atoms with Gasteiger partial charge in [-0.15, -0.1) is 0 Å². The Labute approximate surface area is 118 Å². The van der Waals surface area contributed by atoms with Crippen molar-refractivity contribution in [3.8, 4) is 0 Å². The van der Waals surface area contributed by atoms with Crippen LogP contribution >= 0.6 is 15.9 Å². The van der Waals surface area contributed by atoms with Crippen molar-refractivity contribution in [2.45, 2.75) is 0 Å². The maximum absolute atomic E-state index is 13.8. The van der Waals surface area contributed by atoms with Crippen LogP contribution in [0.1, 0.15) is 10.4 Å². The number of aromatic carboxylic acids is 1. The molecule has 0 bridgehead atoms. The lowest BCUT2D eigenvalue weighted by atomic mass is 10.2. The molecule has 0 fully saturated rings. The standard InChI is InChI=1S/C12H15BrFNO4/c1-18-6-7-19-5-4-15-9-3-2-8(12(16)17)10(13)11(9)14/h2-3,15H,4-7H2,1H3,(H,16,17). The van der Waals surface area contributed by atoms with E-state index in [1.165, 1.54) is 12.1 Å². The van der Waals surface area contributed by atoms with Crippen LogP contribution in [-0.4, -0.2) is 44.6 Å². The van der Waals surface area contributed by atoms with E-state index in [1.807, 2.05) is 0 Å². The first kappa shape index (κ1) is 15.9. The highest BCUT2D eigenvalue weighted by Crippen LogP contribution is 2.26. The molecule has 0 aromatic heterocycles. The first-order valence-corrected chi connectivity index (χ1v) is 6.39. The van der Waals surface area contributed by atoms with Crippen LogP contribution in [0, 0.1) is 5.82 Å². The number of ether oxygens (including phenoxy) is 2. The molecular formula is C12H15BrFNO4. The van der Waals surface area contributed by atoms with Crippen LogP contribution in [-0.2, 0) is 9.47 Å². The zero-order valence-electron chi connectivity index (χ0n) is 10.4. The fourth-order valence-corrected chi connectivity index (χ4v) is 1.87. The Morgan fingerprint density at radius 3 is 2.79 bits per heavy atom. The van der Waals surface area contributed by atoms with Gasteiger partial charge in [0.25, 0.3) is 0 Å². The van der Waals surface area contributed by atoms with Crippen molar-refractivity contribution in [1.29, 1.82) is 0 Å². The maximum Gasteiger partial charge on any atom is 0.336 e. The topological polar surface area (TPSA) is 67.8 Å². The quantitative estimate of drug-likeness (QED) is 0.714. The predicted molar refractivity (Wildman–Crippen MR) is 72.2 cm³/mol. The molecule has 0 heterocycles. The number of carboxylic acid groups (broad SMARTS) is 1. The summed E-state index contributed by atoms with van der Waals surface area (Å²) >= 11 is 2.93. The van der Waals surface area contributed by atoms with E-state index in [4.69, 9.17) is 14.6 Å². The number of rotatable bonds is 8. The van der Waals surface area contributed by atoms with E-state index in [0.717, 1.165) is 0 Å². The second-order valence-electron chi connectivity index (χ2n) is 3.63. The van der Waals surface area contributed by atoms with Crippen LogP contribution in [0.2, 0.25) is 0 Å². The maximum atomic E-state index is 13.8. The Balaban J connectivity index is 2.51. The van der Waals surface area contributed by atoms with Gasteiger partial charge in [-0.05, 0) is 28.1 Å². The molecule has 0 aliphatic rings. The molecule has 0 unspecified atom stereocenters.